The van der Waals surface area contributed by atoms with Gasteiger partial charge in [0.2, 0.25) is 0 Å². The van der Waals surface area contributed by atoms with E-state index in [-0.39, 0.29) is 11.6 Å². The molecule has 5 rings (SSSR count). The summed E-state index contributed by atoms with van der Waals surface area (Å²) in [6.07, 6.45) is 8.53. The molecule has 1 fully saturated rings. The third-order valence-electron chi connectivity index (χ3n) is 5.76. The minimum atomic E-state index is 0.0566. The summed E-state index contributed by atoms with van der Waals surface area (Å²) in [5.74, 6) is 1.53. The van der Waals surface area contributed by atoms with Crippen molar-refractivity contribution in [2.24, 2.45) is 0 Å². The van der Waals surface area contributed by atoms with Crippen LogP contribution in [0.25, 0.3) is 5.78 Å². The molecule has 0 atom stereocenters. The van der Waals surface area contributed by atoms with Crippen molar-refractivity contribution < 1.29 is 0 Å². The van der Waals surface area contributed by atoms with Crippen LogP contribution in [0.1, 0.15) is 55.1 Å². The first-order chi connectivity index (χ1) is 13.2. The average molecular weight is 365 g/mol. The van der Waals surface area contributed by atoms with E-state index >= 15 is 0 Å². The average Bonchev–Trinajstić information content (AvgIpc) is 3.30. The zero-order valence-corrected chi connectivity index (χ0v) is 15.4. The zero-order valence-electron chi connectivity index (χ0n) is 15.4. The number of fused-ring (bicyclic) bond motifs is 2. The predicted octanol–water partition coefficient (Wildman–Crippen LogP) is 2.07. The molecule has 3 heterocycles. The Morgan fingerprint density at radius 1 is 1.15 bits per heavy atom. The fourth-order valence-corrected chi connectivity index (χ4v) is 4.38. The molecule has 2 aliphatic rings. The summed E-state index contributed by atoms with van der Waals surface area (Å²) in [6, 6.07) is 4.36. The first-order valence-electron chi connectivity index (χ1n) is 9.73. The van der Waals surface area contributed by atoms with Gasteiger partial charge in [-0.25, -0.2) is 9.67 Å². The van der Waals surface area contributed by atoms with E-state index in [2.05, 4.69) is 25.5 Å². The van der Waals surface area contributed by atoms with E-state index in [1.165, 1.54) is 6.33 Å². The quantitative estimate of drug-likeness (QED) is 0.764. The van der Waals surface area contributed by atoms with Crippen LogP contribution in [0.3, 0.4) is 0 Å². The molecule has 0 saturated heterocycles. The van der Waals surface area contributed by atoms with E-state index in [1.54, 1.807) is 15.3 Å². The van der Waals surface area contributed by atoms with E-state index in [1.807, 2.05) is 13.0 Å². The number of hydrogen-bond donors (Lipinski definition) is 1. The number of nitrogens with one attached hydrogen (secondary N) is 1. The van der Waals surface area contributed by atoms with Gasteiger partial charge in [0.25, 0.3) is 11.3 Å². The zero-order chi connectivity index (χ0) is 18.4. The second-order valence-corrected chi connectivity index (χ2v) is 7.66. The number of aryl methyl sites for hydroxylation is 3. The number of hydrogen-bond acceptors (Lipinski definition) is 6. The molecule has 0 aliphatic heterocycles. The summed E-state index contributed by atoms with van der Waals surface area (Å²) in [5, 5.41) is 12.5. The molecule has 0 amide bonds. The lowest BCUT2D eigenvalue weighted by molar-refractivity contribution is 0.301. The van der Waals surface area contributed by atoms with Crippen molar-refractivity contribution in [1.29, 1.82) is 0 Å². The number of anilines is 1. The largest absolute Gasteiger partial charge is 0.367 e. The highest BCUT2D eigenvalue weighted by atomic mass is 16.1. The molecule has 0 unspecified atom stereocenters. The SMILES string of the molecule is Cc1cc(NC2CCC(n3nc4c(cc3=O)CCC4)CC2)n2ncnc2n1. The Labute approximate surface area is 156 Å². The van der Waals surface area contributed by atoms with Crippen molar-refractivity contribution in [1.82, 2.24) is 29.4 Å². The highest BCUT2D eigenvalue weighted by Gasteiger charge is 2.26. The Morgan fingerprint density at radius 2 is 2.00 bits per heavy atom. The monoisotopic (exact) mass is 365 g/mol. The van der Waals surface area contributed by atoms with Crippen LogP contribution in [-0.4, -0.2) is 35.4 Å². The van der Waals surface area contributed by atoms with Crippen LogP contribution in [0.5, 0.6) is 0 Å². The van der Waals surface area contributed by atoms with E-state index in [4.69, 9.17) is 0 Å². The maximum absolute atomic E-state index is 12.5. The van der Waals surface area contributed by atoms with E-state index in [0.717, 1.165) is 67.7 Å². The summed E-state index contributed by atoms with van der Waals surface area (Å²) in [5.41, 5.74) is 3.24. The van der Waals surface area contributed by atoms with E-state index < -0.39 is 0 Å². The lowest BCUT2D eigenvalue weighted by Gasteiger charge is -2.30. The molecule has 3 aromatic rings. The van der Waals surface area contributed by atoms with Gasteiger partial charge in [0.1, 0.15) is 12.1 Å². The summed E-state index contributed by atoms with van der Waals surface area (Å²) in [6.45, 7) is 1.96. The highest BCUT2D eigenvalue weighted by Crippen LogP contribution is 2.29. The van der Waals surface area contributed by atoms with Crippen molar-refractivity contribution in [2.45, 2.75) is 64.0 Å². The second kappa shape index (κ2) is 6.44. The molecule has 1 saturated carbocycles. The molecule has 1 N–H and O–H groups in total. The van der Waals surface area contributed by atoms with Crippen LogP contribution in [0.4, 0.5) is 5.82 Å². The van der Waals surface area contributed by atoms with Gasteiger partial charge >= 0.3 is 0 Å². The van der Waals surface area contributed by atoms with Crippen molar-refractivity contribution in [3.05, 3.63) is 45.8 Å². The molecule has 0 aromatic carbocycles. The van der Waals surface area contributed by atoms with Gasteiger partial charge in [-0.05, 0) is 57.4 Å². The normalized spacial score (nSPS) is 22.1. The molecule has 27 heavy (non-hydrogen) atoms. The smallest absolute Gasteiger partial charge is 0.267 e. The molecule has 0 spiro atoms. The van der Waals surface area contributed by atoms with Gasteiger partial charge in [0.05, 0.1) is 11.7 Å². The second-order valence-electron chi connectivity index (χ2n) is 7.66. The molecular weight excluding hydrogens is 342 g/mol. The maximum Gasteiger partial charge on any atom is 0.267 e. The van der Waals surface area contributed by atoms with Crippen LogP contribution in [0.15, 0.2) is 23.3 Å². The van der Waals surface area contributed by atoms with Gasteiger partial charge in [-0.1, -0.05) is 0 Å². The first kappa shape index (κ1) is 16.4. The minimum Gasteiger partial charge on any atom is -0.367 e. The number of nitrogens with zero attached hydrogens (tertiary/aromatic N) is 6. The third kappa shape index (κ3) is 2.98. The van der Waals surface area contributed by atoms with Crippen molar-refractivity contribution in [3.63, 3.8) is 0 Å². The lowest BCUT2D eigenvalue weighted by atomic mass is 9.91. The van der Waals surface area contributed by atoms with Gasteiger partial charge in [-0.3, -0.25) is 4.79 Å². The predicted molar refractivity (Wildman–Crippen MR) is 101 cm³/mol. The number of rotatable bonds is 3. The van der Waals surface area contributed by atoms with Gasteiger partial charge in [-0.15, -0.1) is 0 Å². The molecule has 2 aliphatic carbocycles. The Hall–Kier alpha value is -2.77. The summed E-state index contributed by atoms with van der Waals surface area (Å²) >= 11 is 0. The summed E-state index contributed by atoms with van der Waals surface area (Å²) in [4.78, 5) is 21.0. The van der Waals surface area contributed by atoms with E-state index in [0.29, 0.717) is 11.8 Å². The van der Waals surface area contributed by atoms with Crippen LogP contribution in [-0.2, 0) is 12.8 Å². The minimum absolute atomic E-state index is 0.0566. The fraction of sp³-hybridized carbons (Fsp3) is 0.526. The number of aromatic nitrogens is 6. The summed E-state index contributed by atoms with van der Waals surface area (Å²) < 4.78 is 3.48. The van der Waals surface area contributed by atoms with E-state index in [9.17, 15) is 4.79 Å². The Morgan fingerprint density at radius 3 is 2.85 bits per heavy atom. The van der Waals surface area contributed by atoms with Crippen LogP contribution >= 0.6 is 0 Å². The van der Waals surface area contributed by atoms with Crippen LogP contribution in [0.2, 0.25) is 0 Å². The van der Waals surface area contributed by atoms with Gasteiger partial charge in [-0.2, -0.15) is 19.7 Å². The van der Waals surface area contributed by atoms with Crippen LogP contribution < -0.4 is 10.9 Å². The molecule has 8 heteroatoms. The van der Waals surface area contributed by atoms with Crippen LogP contribution in [0, 0.1) is 6.92 Å². The molecule has 8 nitrogen and oxygen atoms in total. The standard InChI is InChI=1S/C19H23N7O/c1-12-9-17(26-19(22-12)20-11-21-26)23-14-5-7-15(8-6-14)25-18(27)10-13-3-2-4-16(13)24-25/h9-11,14-15,23H,2-8H2,1H3. The topological polar surface area (TPSA) is 90.0 Å². The molecule has 0 radical (unpaired) electrons. The first-order valence-corrected chi connectivity index (χ1v) is 9.73. The fourth-order valence-electron chi connectivity index (χ4n) is 4.38. The summed E-state index contributed by atoms with van der Waals surface area (Å²) in [7, 11) is 0. The molecule has 140 valence electrons. The van der Waals surface area contributed by atoms with Crippen molar-refractivity contribution >= 4 is 11.6 Å². The van der Waals surface area contributed by atoms with Crippen molar-refractivity contribution in [3.8, 4) is 0 Å². The highest BCUT2D eigenvalue weighted by molar-refractivity contribution is 5.45. The van der Waals surface area contributed by atoms with Gasteiger partial charge < -0.3 is 5.32 Å². The molecule has 3 aromatic heterocycles. The third-order valence-corrected chi connectivity index (χ3v) is 5.76. The Bertz CT molecular complexity index is 1050. The molecule has 0 bridgehead atoms. The lowest BCUT2D eigenvalue weighted by Crippen LogP contribution is -2.34. The molecular formula is C19H23N7O. The van der Waals surface area contributed by atoms with Gasteiger partial charge in [0, 0.05) is 23.9 Å². The van der Waals surface area contributed by atoms with Crippen molar-refractivity contribution in [2.75, 3.05) is 5.32 Å². The Balaban J connectivity index is 1.31. The Kier molecular flexibility index (Phi) is 3.91. The maximum atomic E-state index is 12.5. The van der Waals surface area contributed by atoms with Gasteiger partial charge in [0.15, 0.2) is 0 Å².